The van der Waals surface area contributed by atoms with Crippen LogP contribution in [0, 0.1) is 0 Å². The molecule has 0 saturated heterocycles. The standard InChI is InChI=1S/C11H25NOS/c1-3-5-8-14-9-6-11(10-13)12-7-4-2/h11-13H,3-10H2,1-2H3. The second-order valence-corrected chi connectivity index (χ2v) is 4.81. The van der Waals surface area contributed by atoms with Gasteiger partial charge in [0.15, 0.2) is 0 Å². The van der Waals surface area contributed by atoms with E-state index >= 15 is 0 Å². The molecule has 0 aromatic rings. The molecule has 0 aliphatic rings. The van der Waals surface area contributed by atoms with Gasteiger partial charge in [0.1, 0.15) is 0 Å². The Kier molecular flexibility index (Phi) is 11.6. The topological polar surface area (TPSA) is 32.3 Å². The van der Waals surface area contributed by atoms with Crippen LogP contribution in [0.1, 0.15) is 39.5 Å². The van der Waals surface area contributed by atoms with E-state index in [4.69, 9.17) is 5.11 Å². The third-order valence-electron chi connectivity index (χ3n) is 2.16. The van der Waals surface area contributed by atoms with Gasteiger partial charge in [0.25, 0.3) is 0 Å². The van der Waals surface area contributed by atoms with E-state index in [2.05, 4.69) is 19.2 Å². The smallest absolute Gasteiger partial charge is 0.0584 e. The molecule has 0 saturated carbocycles. The Morgan fingerprint density at radius 1 is 1.21 bits per heavy atom. The Bertz CT molecular complexity index is 111. The average Bonchev–Trinajstić information content (AvgIpc) is 2.22. The first-order valence-electron chi connectivity index (χ1n) is 5.77. The average molecular weight is 219 g/mol. The van der Waals surface area contributed by atoms with Crippen LogP contribution in [0.2, 0.25) is 0 Å². The highest BCUT2D eigenvalue weighted by molar-refractivity contribution is 7.99. The van der Waals surface area contributed by atoms with E-state index in [9.17, 15) is 0 Å². The zero-order chi connectivity index (χ0) is 10.6. The minimum atomic E-state index is 0.272. The van der Waals surface area contributed by atoms with Gasteiger partial charge in [-0.1, -0.05) is 20.3 Å². The van der Waals surface area contributed by atoms with Crippen LogP contribution < -0.4 is 5.32 Å². The molecule has 1 unspecified atom stereocenters. The summed E-state index contributed by atoms with van der Waals surface area (Å²) in [5.74, 6) is 2.43. The van der Waals surface area contributed by atoms with Crippen LogP contribution in [-0.4, -0.2) is 35.8 Å². The molecule has 0 heterocycles. The fraction of sp³-hybridized carbons (Fsp3) is 1.00. The van der Waals surface area contributed by atoms with Gasteiger partial charge in [-0.15, -0.1) is 0 Å². The van der Waals surface area contributed by atoms with Crippen LogP contribution in [0.5, 0.6) is 0 Å². The van der Waals surface area contributed by atoms with Gasteiger partial charge in [-0.25, -0.2) is 0 Å². The molecule has 0 aromatic carbocycles. The number of aliphatic hydroxyl groups is 1. The lowest BCUT2D eigenvalue weighted by atomic mass is 10.2. The van der Waals surface area contributed by atoms with Crippen molar-refractivity contribution in [3.05, 3.63) is 0 Å². The highest BCUT2D eigenvalue weighted by atomic mass is 32.2. The number of thioether (sulfide) groups is 1. The first-order valence-corrected chi connectivity index (χ1v) is 6.92. The first kappa shape index (κ1) is 14.3. The van der Waals surface area contributed by atoms with Gasteiger partial charge >= 0.3 is 0 Å². The highest BCUT2D eigenvalue weighted by Gasteiger charge is 2.04. The number of hydrogen-bond acceptors (Lipinski definition) is 3. The molecule has 3 heteroatoms. The molecular formula is C11H25NOS. The van der Waals surface area contributed by atoms with Crippen LogP contribution in [-0.2, 0) is 0 Å². The third-order valence-corrected chi connectivity index (χ3v) is 3.26. The minimum Gasteiger partial charge on any atom is -0.395 e. The van der Waals surface area contributed by atoms with Gasteiger partial charge in [-0.05, 0) is 37.3 Å². The van der Waals surface area contributed by atoms with Gasteiger partial charge in [-0.2, -0.15) is 11.8 Å². The van der Waals surface area contributed by atoms with Crippen molar-refractivity contribution in [1.29, 1.82) is 0 Å². The van der Waals surface area contributed by atoms with Crippen molar-refractivity contribution in [3.63, 3.8) is 0 Å². The van der Waals surface area contributed by atoms with Crippen molar-refractivity contribution in [2.75, 3.05) is 24.7 Å². The van der Waals surface area contributed by atoms with Crippen molar-refractivity contribution >= 4 is 11.8 Å². The van der Waals surface area contributed by atoms with Crippen molar-refractivity contribution in [3.8, 4) is 0 Å². The molecule has 0 aromatic heterocycles. The summed E-state index contributed by atoms with van der Waals surface area (Å²) < 4.78 is 0. The summed E-state index contributed by atoms with van der Waals surface area (Å²) in [6.45, 7) is 5.66. The van der Waals surface area contributed by atoms with E-state index in [-0.39, 0.29) is 6.61 Å². The summed E-state index contributed by atoms with van der Waals surface area (Å²) in [6.07, 6.45) is 4.83. The van der Waals surface area contributed by atoms with Crippen LogP contribution in [0.15, 0.2) is 0 Å². The normalized spacial score (nSPS) is 13.1. The third kappa shape index (κ3) is 8.85. The van der Waals surface area contributed by atoms with E-state index in [0.29, 0.717) is 6.04 Å². The van der Waals surface area contributed by atoms with Crippen molar-refractivity contribution in [2.24, 2.45) is 0 Å². The Morgan fingerprint density at radius 3 is 2.57 bits per heavy atom. The Balaban J connectivity index is 3.24. The number of rotatable bonds is 10. The van der Waals surface area contributed by atoms with Gasteiger partial charge in [0.2, 0.25) is 0 Å². The number of unbranched alkanes of at least 4 members (excludes halogenated alkanes) is 1. The Hall–Kier alpha value is 0.270. The van der Waals surface area contributed by atoms with Gasteiger partial charge in [0.05, 0.1) is 6.61 Å². The zero-order valence-corrected chi connectivity index (χ0v) is 10.4. The lowest BCUT2D eigenvalue weighted by Crippen LogP contribution is -2.33. The summed E-state index contributed by atoms with van der Waals surface area (Å²) in [5.41, 5.74) is 0. The molecule has 0 amide bonds. The SMILES string of the molecule is CCCCSCCC(CO)NCCC. The Morgan fingerprint density at radius 2 is 2.00 bits per heavy atom. The fourth-order valence-corrected chi connectivity index (χ4v) is 2.33. The van der Waals surface area contributed by atoms with Crippen molar-refractivity contribution < 1.29 is 5.11 Å². The molecule has 0 aliphatic heterocycles. The van der Waals surface area contributed by atoms with Crippen LogP contribution >= 0.6 is 11.8 Å². The molecule has 0 rings (SSSR count). The largest absolute Gasteiger partial charge is 0.395 e. The van der Waals surface area contributed by atoms with Gasteiger partial charge in [0, 0.05) is 6.04 Å². The Labute approximate surface area is 92.9 Å². The molecule has 0 spiro atoms. The maximum atomic E-state index is 9.08. The summed E-state index contributed by atoms with van der Waals surface area (Å²) in [6, 6.07) is 0.309. The van der Waals surface area contributed by atoms with E-state index in [1.807, 2.05) is 11.8 Å². The van der Waals surface area contributed by atoms with E-state index < -0.39 is 0 Å². The molecule has 86 valence electrons. The van der Waals surface area contributed by atoms with Crippen LogP contribution in [0.4, 0.5) is 0 Å². The van der Waals surface area contributed by atoms with Crippen molar-refractivity contribution in [1.82, 2.24) is 5.32 Å². The predicted octanol–water partition coefficient (Wildman–Crippen LogP) is 2.27. The molecule has 1 atom stereocenters. The predicted molar refractivity (Wildman–Crippen MR) is 66.0 cm³/mol. The monoisotopic (exact) mass is 219 g/mol. The van der Waals surface area contributed by atoms with E-state index in [1.165, 1.54) is 24.3 Å². The number of hydrogen-bond donors (Lipinski definition) is 2. The van der Waals surface area contributed by atoms with Crippen LogP contribution in [0.25, 0.3) is 0 Å². The summed E-state index contributed by atoms with van der Waals surface area (Å²) in [5, 5.41) is 12.4. The van der Waals surface area contributed by atoms with Crippen LogP contribution in [0.3, 0.4) is 0 Å². The maximum Gasteiger partial charge on any atom is 0.0584 e. The lowest BCUT2D eigenvalue weighted by Gasteiger charge is -2.15. The minimum absolute atomic E-state index is 0.272. The van der Waals surface area contributed by atoms with E-state index in [0.717, 1.165) is 19.4 Å². The molecule has 0 bridgehead atoms. The maximum absolute atomic E-state index is 9.08. The zero-order valence-electron chi connectivity index (χ0n) is 9.59. The van der Waals surface area contributed by atoms with Crippen molar-refractivity contribution in [2.45, 2.75) is 45.6 Å². The van der Waals surface area contributed by atoms with Gasteiger partial charge < -0.3 is 10.4 Å². The molecule has 0 radical (unpaired) electrons. The summed E-state index contributed by atoms with van der Waals surface area (Å²) in [7, 11) is 0. The molecule has 0 aliphatic carbocycles. The van der Waals surface area contributed by atoms with E-state index in [1.54, 1.807) is 0 Å². The summed E-state index contributed by atoms with van der Waals surface area (Å²) >= 11 is 2.00. The second kappa shape index (κ2) is 11.3. The fourth-order valence-electron chi connectivity index (χ4n) is 1.18. The number of aliphatic hydroxyl groups excluding tert-OH is 1. The molecule has 14 heavy (non-hydrogen) atoms. The second-order valence-electron chi connectivity index (χ2n) is 3.59. The quantitative estimate of drug-likeness (QED) is 0.553. The number of nitrogens with one attached hydrogen (secondary N) is 1. The lowest BCUT2D eigenvalue weighted by molar-refractivity contribution is 0.240. The molecular weight excluding hydrogens is 194 g/mol. The molecule has 2 N–H and O–H groups in total. The van der Waals surface area contributed by atoms with Gasteiger partial charge in [-0.3, -0.25) is 0 Å². The molecule has 2 nitrogen and oxygen atoms in total. The summed E-state index contributed by atoms with van der Waals surface area (Å²) in [4.78, 5) is 0. The highest BCUT2D eigenvalue weighted by Crippen LogP contribution is 2.07. The first-order chi connectivity index (χ1) is 6.85. The molecule has 0 fully saturated rings.